The average molecular weight is 389 g/mol. The van der Waals surface area contributed by atoms with Crippen molar-refractivity contribution in [3.63, 3.8) is 0 Å². The molecule has 0 saturated carbocycles. The van der Waals surface area contributed by atoms with Gasteiger partial charge in [-0.1, -0.05) is 12.1 Å². The molecule has 0 aromatic heterocycles. The van der Waals surface area contributed by atoms with Crippen LogP contribution >= 0.6 is 15.9 Å². The van der Waals surface area contributed by atoms with Crippen LogP contribution in [0.5, 0.6) is 11.5 Å². The number of nitrogens with zero attached hydrogens (tertiary/aromatic N) is 2. The van der Waals surface area contributed by atoms with Crippen molar-refractivity contribution in [2.45, 2.75) is 0 Å². The number of benzene rings is 2. The first-order valence-electron chi connectivity index (χ1n) is 6.78. The molecule has 0 bridgehead atoms. The molecule has 0 amide bonds. The second-order valence-corrected chi connectivity index (χ2v) is 5.57. The Labute approximate surface area is 147 Å². The summed E-state index contributed by atoms with van der Waals surface area (Å²) in [5.74, 6) is 1.05. The van der Waals surface area contributed by atoms with Crippen LogP contribution in [0, 0.1) is 21.4 Å². The largest absolute Gasteiger partial charge is 0.493 e. The van der Waals surface area contributed by atoms with Gasteiger partial charge in [0.05, 0.1) is 35.3 Å². The minimum absolute atomic E-state index is 0.0675. The maximum atomic E-state index is 10.9. The Hall–Kier alpha value is -2.85. The second kappa shape index (κ2) is 7.62. The van der Waals surface area contributed by atoms with Gasteiger partial charge in [-0.05, 0) is 45.3 Å². The van der Waals surface area contributed by atoms with E-state index in [0.29, 0.717) is 32.7 Å². The Morgan fingerprint density at radius 3 is 2.62 bits per heavy atom. The van der Waals surface area contributed by atoms with Crippen LogP contribution in [-0.2, 0) is 0 Å². The van der Waals surface area contributed by atoms with E-state index in [0.717, 1.165) is 0 Å². The zero-order valence-electron chi connectivity index (χ0n) is 12.9. The van der Waals surface area contributed by atoms with E-state index in [1.165, 1.54) is 26.4 Å². The van der Waals surface area contributed by atoms with Crippen molar-refractivity contribution >= 4 is 33.3 Å². The van der Waals surface area contributed by atoms with Gasteiger partial charge in [0.1, 0.15) is 0 Å². The molecule has 0 atom stereocenters. The van der Waals surface area contributed by atoms with Crippen molar-refractivity contribution in [1.29, 1.82) is 5.26 Å². The molecule has 7 heteroatoms. The molecule has 2 rings (SSSR count). The molecular weight excluding hydrogens is 376 g/mol. The molecule has 0 N–H and O–H groups in total. The normalized spacial score (nSPS) is 10.8. The molecule has 0 aliphatic carbocycles. The number of ether oxygens (including phenoxy) is 2. The molecule has 6 nitrogen and oxygen atoms in total. The lowest BCUT2D eigenvalue weighted by Gasteiger charge is -2.10. The minimum atomic E-state index is -0.495. The number of halogens is 1. The van der Waals surface area contributed by atoms with E-state index in [1.54, 1.807) is 30.3 Å². The Bertz CT molecular complexity index is 856. The first-order valence-corrected chi connectivity index (χ1v) is 7.57. The van der Waals surface area contributed by atoms with Gasteiger partial charge in [-0.15, -0.1) is 0 Å². The van der Waals surface area contributed by atoms with E-state index in [4.69, 9.17) is 9.47 Å². The number of rotatable bonds is 5. The highest BCUT2D eigenvalue weighted by atomic mass is 79.9. The highest BCUT2D eigenvalue weighted by molar-refractivity contribution is 9.10. The van der Waals surface area contributed by atoms with E-state index in [1.807, 2.05) is 0 Å². The quantitative estimate of drug-likeness (QED) is 0.327. The van der Waals surface area contributed by atoms with E-state index in [-0.39, 0.29) is 5.69 Å². The molecule has 0 spiro atoms. The number of nitro benzene ring substituents is 1. The predicted molar refractivity (Wildman–Crippen MR) is 93.8 cm³/mol. The highest BCUT2D eigenvalue weighted by Gasteiger charge is 2.12. The van der Waals surface area contributed by atoms with Gasteiger partial charge in [0, 0.05) is 12.1 Å². The van der Waals surface area contributed by atoms with Crippen LogP contribution in [0.4, 0.5) is 5.69 Å². The predicted octanol–water partition coefficient (Wildman–Crippen LogP) is 4.44. The first-order chi connectivity index (χ1) is 11.5. The van der Waals surface area contributed by atoms with Gasteiger partial charge < -0.3 is 9.47 Å². The highest BCUT2D eigenvalue weighted by Crippen LogP contribution is 2.37. The number of nitriles is 1. The van der Waals surface area contributed by atoms with Crippen LogP contribution in [0.2, 0.25) is 0 Å². The minimum Gasteiger partial charge on any atom is -0.493 e. The molecule has 0 unspecified atom stereocenters. The van der Waals surface area contributed by atoms with Crippen LogP contribution in [-0.4, -0.2) is 19.1 Å². The summed E-state index contributed by atoms with van der Waals surface area (Å²) >= 11 is 3.39. The zero-order chi connectivity index (χ0) is 17.7. The molecular formula is C17H13BrN2O4. The smallest absolute Gasteiger partial charge is 0.270 e. The fourth-order valence-electron chi connectivity index (χ4n) is 2.16. The molecule has 0 saturated heterocycles. The molecule has 2 aromatic rings. The third-order valence-corrected chi connectivity index (χ3v) is 3.84. The summed E-state index contributed by atoms with van der Waals surface area (Å²) in [4.78, 5) is 10.4. The Morgan fingerprint density at radius 1 is 1.29 bits per heavy atom. The van der Waals surface area contributed by atoms with Crippen molar-refractivity contribution < 1.29 is 14.4 Å². The maximum Gasteiger partial charge on any atom is 0.270 e. The fourth-order valence-corrected chi connectivity index (χ4v) is 2.78. The number of methoxy groups -OCH3 is 2. The summed E-state index contributed by atoms with van der Waals surface area (Å²) in [6.45, 7) is 0. The summed E-state index contributed by atoms with van der Waals surface area (Å²) in [6, 6.07) is 11.5. The summed E-state index contributed by atoms with van der Waals surface area (Å²) in [7, 11) is 3.05. The molecule has 122 valence electrons. The first kappa shape index (κ1) is 17.5. The van der Waals surface area contributed by atoms with Gasteiger partial charge in [-0.25, -0.2) is 0 Å². The van der Waals surface area contributed by atoms with Crippen molar-refractivity contribution in [3.8, 4) is 17.6 Å². The number of hydrogen-bond donors (Lipinski definition) is 0. The summed E-state index contributed by atoms with van der Waals surface area (Å²) < 4.78 is 11.2. The van der Waals surface area contributed by atoms with Gasteiger partial charge in [0.25, 0.3) is 5.69 Å². The van der Waals surface area contributed by atoms with Crippen molar-refractivity contribution in [1.82, 2.24) is 0 Å². The summed E-state index contributed by atoms with van der Waals surface area (Å²) in [5.41, 5.74) is 1.40. The van der Waals surface area contributed by atoms with Crippen LogP contribution in [0.25, 0.3) is 11.6 Å². The standard InChI is InChI=1S/C17H13BrN2O4/c1-23-16-8-11(7-15(18)17(16)24-2)6-13(10-19)12-4-3-5-14(9-12)20(21)22/h3-9H,1-2H3/b13-6+. The monoisotopic (exact) mass is 388 g/mol. The van der Waals surface area contributed by atoms with Crippen LogP contribution in [0.3, 0.4) is 0 Å². The van der Waals surface area contributed by atoms with Crippen molar-refractivity contribution in [3.05, 3.63) is 62.1 Å². The molecule has 0 fully saturated rings. The third kappa shape index (κ3) is 3.73. The summed E-state index contributed by atoms with van der Waals surface area (Å²) in [5, 5.41) is 20.3. The van der Waals surface area contributed by atoms with Gasteiger partial charge >= 0.3 is 0 Å². The summed E-state index contributed by atoms with van der Waals surface area (Å²) in [6.07, 6.45) is 1.63. The molecule has 2 aromatic carbocycles. The zero-order valence-corrected chi connectivity index (χ0v) is 14.5. The number of nitro groups is 1. The number of non-ortho nitro benzene ring substituents is 1. The molecule has 0 radical (unpaired) electrons. The molecule has 0 aliphatic heterocycles. The molecule has 0 heterocycles. The van der Waals surface area contributed by atoms with Gasteiger partial charge in [0.15, 0.2) is 11.5 Å². The van der Waals surface area contributed by atoms with E-state index >= 15 is 0 Å². The van der Waals surface area contributed by atoms with Crippen LogP contribution in [0.15, 0.2) is 40.9 Å². The lowest BCUT2D eigenvalue weighted by atomic mass is 10.0. The Balaban J connectivity index is 2.52. The number of allylic oxidation sites excluding steroid dienone is 1. The maximum absolute atomic E-state index is 10.9. The van der Waals surface area contributed by atoms with Crippen LogP contribution < -0.4 is 9.47 Å². The molecule has 0 aliphatic rings. The van der Waals surface area contributed by atoms with Crippen molar-refractivity contribution in [2.24, 2.45) is 0 Å². The number of hydrogen-bond acceptors (Lipinski definition) is 5. The van der Waals surface area contributed by atoms with Crippen molar-refractivity contribution in [2.75, 3.05) is 14.2 Å². The Kier molecular flexibility index (Phi) is 5.55. The SMILES string of the molecule is COc1cc(/C=C(\C#N)c2cccc([N+](=O)[O-])c2)cc(Br)c1OC. The van der Waals surface area contributed by atoms with Gasteiger partial charge in [0.2, 0.25) is 0 Å². The average Bonchev–Trinajstić information content (AvgIpc) is 2.59. The van der Waals surface area contributed by atoms with E-state index < -0.39 is 4.92 Å². The van der Waals surface area contributed by atoms with Gasteiger partial charge in [-0.3, -0.25) is 10.1 Å². The topological polar surface area (TPSA) is 85.4 Å². The van der Waals surface area contributed by atoms with Gasteiger partial charge in [-0.2, -0.15) is 5.26 Å². The van der Waals surface area contributed by atoms with E-state index in [9.17, 15) is 15.4 Å². The van der Waals surface area contributed by atoms with Crippen LogP contribution in [0.1, 0.15) is 11.1 Å². The lowest BCUT2D eigenvalue weighted by Crippen LogP contribution is -1.93. The van der Waals surface area contributed by atoms with E-state index in [2.05, 4.69) is 22.0 Å². The second-order valence-electron chi connectivity index (χ2n) is 4.72. The fraction of sp³-hybridized carbons (Fsp3) is 0.118. The lowest BCUT2D eigenvalue weighted by molar-refractivity contribution is -0.384. The third-order valence-electron chi connectivity index (χ3n) is 3.26. The Morgan fingerprint density at radius 2 is 2.04 bits per heavy atom. The molecule has 24 heavy (non-hydrogen) atoms.